The fourth-order valence-electron chi connectivity index (χ4n) is 4.08. The number of hydrogen-bond acceptors (Lipinski definition) is 6. The predicted octanol–water partition coefficient (Wildman–Crippen LogP) is 1.16. The number of nitrogens with zero attached hydrogens (tertiary/aromatic N) is 3. The van der Waals surface area contributed by atoms with E-state index < -0.39 is 6.04 Å². The number of furan rings is 1. The van der Waals surface area contributed by atoms with Crippen molar-refractivity contribution in [1.82, 2.24) is 20.0 Å². The van der Waals surface area contributed by atoms with E-state index in [1.807, 2.05) is 4.90 Å². The third-order valence-corrected chi connectivity index (χ3v) is 6.44. The summed E-state index contributed by atoms with van der Waals surface area (Å²) in [5.74, 6) is -0.748. The van der Waals surface area contributed by atoms with Gasteiger partial charge in [0, 0.05) is 49.4 Å². The van der Waals surface area contributed by atoms with E-state index >= 15 is 0 Å². The first-order valence-electron chi connectivity index (χ1n) is 11.1. The van der Waals surface area contributed by atoms with Crippen molar-refractivity contribution in [3.05, 3.63) is 52.9 Å². The van der Waals surface area contributed by atoms with Gasteiger partial charge < -0.3 is 24.9 Å². The van der Waals surface area contributed by atoms with Crippen molar-refractivity contribution in [2.24, 2.45) is 0 Å². The van der Waals surface area contributed by atoms with Crippen LogP contribution in [0, 0.1) is 0 Å². The Balaban J connectivity index is 1.31. The van der Waals surface area contributed by atoms with Crippen LogP contribution in [-0.2, 0) is 14.4 Å². The zero-order valence-corrected chi connectivity index (χ0v) is 20.1. The van der Waals surface area contributed by atoms with Crippen LogP contribution in [0.3, 0.4) is 0 Å². The van der Waals surface area contributed by atoms with E-state index in [-0.39, 0.29) is 36.6 Å². The van der Waals surface area contributed by atoms with Crippen LogP contribution in [0.4, 0.5) is 5.69 Å². The van der Waals surface area contributed by atoms with Crippen LogP contribution < -0.4 is 10.6 Å². The molecule has 0 bridgehead atoms. The Morgan fingerprint density at radius 3 is 2.47 bits per heavy atom. The van der Waals surface area contributed by atoms with E-state index in [0.717, 1.165) is 4.47 Å². The van der Waals surface area contributed by atoms with Crippen molar-refractivity contribution in [3.63, 3.8) is 0 Å². The van der Waals surface area contributed by atoms with E-state index in [4.69, 9.17) is 4.42 Å². The molecule has 0 aliphatic carbocycles. The lowest BCUT2D eigenvalue weighted by Gasteiger charge is -2.38. The highest BCUT2D eigenvalue weighted by molar-refractivity contribution is 9.10. The van der Waals surface area contributed by atoms with Crippen molar-refractivity contribution in [2.75, 3.05) is 51.1 Å². The van der Waals surface area contributed by atoms with Crippen molar-refractivity contribution < 1.29 is 23.6 Å². The zero-order chi connectivity index (χ0) is 24.1. The minimum absolute atomic E-state index is 0.126. The first kappa shape index (κ1) is 24.0. The maximum atomic E-state index is 13.1. The summed E-state index contributed by atoms with van der Waals surface area (Å²) in [7, 11) is 0. The van der Waals surface area contributed by atoms with E-state index in [9.17, 15) is 19.2 Å². The molecule has 10 nitrogen and oxygen atoms in total. The molecule has 3 heterocycles. The molecule has 2 N–H and O–H groups in total. The van der Waals surface area contributed by atoms with Crippen molar-refractivity contribution in [3.8, 4) is 0 Å². The van der Waals surface area contributed by atoms with Gasteiger partial charge in [-0.25, -0.2) is 0 Å². The molecule has 1 atom stereocenters. The minimum Gasteiger partial charge on any atom is -0.459 e. The Bertz CT molecular complexity index is 1030. The molecule has 2 aliphatic heterocycles. The number of carbonyl (C=O) groups is 4. The molecular formula is C23H26BrN5O5. The molecule has 2 saturated heterocycles. The second kappa shape index (κ2) is 10.8. The first-order valence-corrected chi connectivity index (χ1v) is 11.9. The van der Waals surface area contributed by atoms with Gasteiger partial charge in [-0.05, 0) is 36.4 Å². The fourth-order valence-corrected chi connectivity index (χ4v) is 4.35. The average Bonchev–Trinajstić information content (AvgIpc) is 3.37. The highest BCUT2D eigenvalue weighted by Gasteiger charge is 2.35. The lowest BCUT2D eigenvalue weighted by molar-refractivity contribution is -0.145. The van der Waals surface area contributed by atoms with Gasteiger partial charge in [0.15, 0.2) is 5.76 Å². The summed E-state index contributed by atoms with van der Waals surface area (Å²) in [5, 5.41) is 5.51. The first-order chi connectivity index (χ1) is 16.4. The van der Waals surface area contributed by atoms with Gasteiger partial charge in [-0.1, -0.05) is 15.9 Å². The molecular weight excluding hydrogens is 506 g/mol. The molecule has 1 aromatic carbocycles. The highest BCUT2D eigenvalue weighted by Crippen LogP contribution is 2.17. The fraction of sp³-hybridized carbons (Fsp3) is 0.391. The number of amides is 4. The number of benzene rings is 1. The van der Waals surface area contributed by atoms with Gasteiger partial charge in [-0.3, -0.25) is 24.1 Å². The highest BCUT2D eigenvalue weighted by atomic mass is 79.9. The molecule has 0 spiro atoms. The number of nitrogens with one attached hydrogen (secondary N) is 2. The monoisotopic (exact) mass is 531 g/mol. The van der Waals surface area contributed by atoms with Crippen LogP contribution in [0.2, 0.25) is 0 Å². The van der Waals surface area contributed by atoms with Crippen molar-refractivity contribution >= 4 is 45.2 Å². The topological polar surface area (TPSA) is 115 Å². The Morgan fingerprint density at radius 2 is 1.79 bits per heavy atom. The number of hydrogen-bond donors (Lipinski definition) is 2. The lowest BCUT2D eigenvalue weighted by Crippen LogP contribution is -2.60. The molecule has 2 aromatic rings. The molecule has 11 heteroatoms. The summed E-state index contributed by atoms with van der Waals surface area (Å²) < 4.78 is 6.07. The SMILES string of the molecule is O=C(C[C@H]1C(=O)NCCN1C(=O)CN1CCN(C(=O)c2ccco2)CC1)Nc1ccc(Br)cc1. The number of carbonyl (C=O) groups excluding carboxylic acids is 4. The summed E-state index contributed by atoms with van der Waals surface area (Å²) >= 11 is 3.35. The maximum absolute atomic E-state index is 13.1. The van der Waals surface area contributed by atoms with Crippen molar-refractivity contribution in [2.45, 2.75) is 12.5 Å². The number of halogens is 1. The van der Waals surface area contributed by atoms with Gasteiger partial charge in [0.1, 0.15) is 6.04 Å². The third kappa shape index (κ3) is 5.84. The van der Waals surface area contributed by atoms with Crippen molar-refractivity contribution in [1.29, 1.82) is 0 Å². The molecule has 0 unspecified atom stereocenters. The van der Waals surface area contributed by atoms with E-state index in [1.54, 1.807) is 41.3 Å². The van der Waals surface area contributed by atoms with Crippen LogP contribution >= 0.6 is 15.9 Å². The minimum atomic E-state index is -0.862. The van der Waals surface area contributed by atoms with Crippen LogP contribution in [0.1, 0.15) is 17.0 Å². The molecule has 2 aliphatic rings. The molecule has 0 saturated carbocycles. The lowest BCUT2D eigenvalue weighted by atomic mass is 10.1. The second-order valence-electron chi connectivity index (χ2n) is 8.20. The van der Waals surface area contributed by atoms with Gasteiger partial charge in [0.2, 0.25) is 17.7 Å². The standard InChI is InChI=1S/C23H26BrN5O5/c24-16-3-5-17(6-4-16)26-20(30)14-18-22(32)25-7-8-29(18)21(31)15-27-9-11-28(12-10-27)23(33)19-2-1-13-34-19/h1-6,13,18H,7-12,14-15H2,(H,25,32)(H,26,30)/t18-/m0/s1. The van der Waals surface area contributed by atoms with E-state index in [1.165, 1.54) is 11.2 Å². The largest absolute Gasteiger partial charge is 0.459 e. The molecule has 180 valence electrons. The number of anilines is 1. The quantitative estimate of drug-likeness (QED) is 0.577. The molecule has 2 fully saturated rings. The normalized spacial score (nSPS) is 19.0. The number of piperazine rings is 2. The maximum Gasteiger partial charge on any atom is 0.289 e. The number of rotatable bonds is 6. The van der Waals surface area contributed by atoms with Crippen LogP contribution in [0.15, 0.2) is 51.6 Å². The van der Waals surface area contributed by atoms with Crippen LogP contribution in [0.25, 0.3) is 0 Å². The Labute approximate surface area is 205 Å². The Kier molecular flexibility index (Phi) is 7.63. The Hall–Kier alpha value is -3.18. The summed E-state index contributed by atoms with van der Waals surface area (Å²) in [5.41, 5.74) is 0.615. The average molecular weight is 532 g/mol. The molecule has 4 amide bonds. The summed E-state index contributed by atoms with van der Waals surface area (Å²) in [4.78, 5) is 55.7. The molecule has 1 aromatic heterocycles. The summed E-state index contributed by atoms with van der Waals surface area (Å²) in [6.07, 6.45) is 1.34. The molecule has 4 rings (SSSR count). The van der Waals surface area contributed by atoms with E-state index in [2.05, 4.69) is 26.6 Å². The van der Waals surface area contributed by atoms with Gasteiger partial charge >= 0.3 is 0 Å². The summed E-state index contributed by atoms with van der Waals surface area (Å²) in [6, 6.07) is 9.56. The molecule has 0 radical (unpaired) electrons. The zero-order valence-electron chi connectivity index (χ0n) is 18.5. The third-order valence-electron chi connectivity index (χ3n) is 5.91. The second-order valence-corrected chi connectivity index (χ2v) is 9.11. The van der Waals surface area contributed by atoms with E-state index in [0.29, 0.717) is 50.7 Å². The Morgan fingerprint density at radius 1 is 1.06 bits per heavy atom. The molecule has 34 heavy (non-hydrogen) atoms. The smallest absolute Gasteiger partial charge is 0.289 e. The van der Waals surface area contributed by atoms with Gasteiger partial charge in [-0.15, -0.1) is 0 Å². The van der Waals surface area contributed by atoms with Crippen LogP contribution in [0.5, 0.6) is 0 Å². The van der Waals surface area contributed by atoms with Crippen LogP contribution in [-0.4, -0.2) is 90.2 Å². The predicted molar refractivity (Wildman–Crippen MR) is 127 cm³/mol. The summed E-state index contributed by atoms with van der Waals surface area (Å²) in [6.45, 7) is 2.85. The van der Waals surface area contributed by atoms with Gasteiger partial charge in [-0.2, -0.15) is 0 Å². The van der Waals surface area contributed by atoms with Gasteiger partial charge in [0.05, 0.1) is 19.2 Å². The van der Waals surface area contributed by atoms with Gasteiger partial charge in [0.25, 0.3) is 5.91 Å².